The molecule has 4 heteroatoms. The molecule has 0 saturated carbocycles. The molecule has 1 aromatic carbocycles. The zero-order valence-corrected chi connectivity index (χ0v) is 10.5. The Balaban J connectivity index is 1.79. The highest BCUT2D eigenvalue weighted by atomic mass is 16.3. The second-order valence-electron chi connectivity index (χ2n) is 4.85. The number of rotatable bonds is 3. The molecule has 4 nitrogen and oxygen atoms in total. The predicted molar refractivity (Wildman–Crippen MR) is 71.0 cm³/mol. The maximum absolute atomic E-state index is 12.0. The first-order valence-corrected chi connectivity index (χ1v) is 6.45. The highest BCUT2D eigenvalue weighted by Gasteiger charge is 2.20. The second kappa shape index (κ2) is 5.87. The van der Waals surface area contributed by atoms with Crippen LogP contribution < -0.4 is 5.73 Å². The van der Waals surface area contributed by atoms with Gasteiger partial charge in [0.2, 0.25) is 5.91 Å². The number of carbonyl (C=O) groups is 1. The number of nitrogen functional groups attached to an aromatic ring is 1. The Hall–Kier alpha value is -1.55. The van der Waals surface area contributed by atoms with Crippen LogP contribution in [0, 0.1) is 0 Å². The number of nitrogens with two attached hydrogens (primary N) is 1. The van der Waals surface area contributed by atoms with Gasteiger partial charge in [0.1, 0.15) is 0 Å². The third kappa shape index (κ3) is 3.47. The molecule has 1 heterocycles. The van der Waals surface area contributed by atoms with Crippen molar-refractivity contribution in [3.63, 3.8) is 0 Å². The molecular formula is C14H20N2O2. The fourth-order valence-corrected chi connectivity index (χ4v) is 2.21. The largest absolute Gasteiger partial charge is 0.399 e. The quantitative estimate of drug-likeness (QED) is 0.789. The lowest BCUT2D eigenvalue weighted by molar-refractivity contribution is -0.133. The molecule has 18 heavy (non-hydrogen) atoms. The Bertz CT molecular complexity index is 395. The summed E-state index contributed by atoms with van der Waals surface area (Å²) >= 11 is 0. The number of piperidine rings is 1. The van der Waals surface area contributed by atoms with Crippen LogP contribution in [0.2, 0.25) is 0 Å². The van der Waals surface area contributed by atoms with Gasteiger partial charge in [-0.2, -0.15) is 0 Å². The Kier molecular flexibility index (Phi) is 4.20. The van der Waals surface area contributed by atoms with Crippen LogP contribution >= 0.6 is 0 Å². The van der Waals surface area contributed by atoms with Gasteiger partial charge in [0, 0.05) is 25.2 Å². The Labute approximate surface area is 107 Å². The van der Waals surface area contributed by atoms with Crippen LogP contribution in [0.1, 0.15) is 24.8 Å². The molecule has 2 rings (SSSR count). The van der Waals surface area contributed by atoms with Gasteiger partial charge < -0.3 is 15.7 Å². The van der Waals surface area contributed by atoms with Gasteiger partial charge in [0.25, 0.3) is 0 Å². The summed E-state index contributed by atoms with van der Waals surface area (Å²) in [6, 6.07) is 7.64. The van der Waals surface area contributed by atoms with E-state index >= 15 is 0 Å². The van der Waals surface area contributed by atoms with E-state index in [1.165, 1.54) is 0 Å². The van der Waals surface area contributed by atoms with E-state index in [2.05, 4.69) is 0 Å². The van der Waals surface area contributed by atoms with Crippen molar-refractivity contribution < 1.29 is 9.90 Å². The van der Waals surface area contributed by atoms with Crippen LogP contribution in [0.15, 0.2) is 24.3 Å². The van der Waals surface area contributed by atoms with Crippen molar-refractivity contribution in [3.05, 3.63) is 29.8 Å². The molecule has 1 fully saturated rings. The Morgan fingerprint density at radius 2 is 1.89 bits per heavy atom. The second-order valence-corrected chi connectivity index (χ2v) is 4.85. The molecular weight excluding hydrogens is 228 g/mol. The van der Waals surface area contributed by atoms with Gasteiger partial charge in [-0.25, -0.2) is 0 Å². The van der Waals surface area contributed by atoms with Crippen molar-refractivity contribution in [3.8, 4) is 0 Å². The molecule has 1 saturated heterocycles. The smallest absolute Gasteiger partial charge is 0.222 e. The molecule has 3 N–H and O–H groups in total. The van der Waals surface area contributed by atoms with E-state index < -0.39 is 0 Å². The van der Waals surface area contributed by atoms with Gasteiger partial charge in [-0.1, -0.05) is 12.1 Å². The van der Waals surface area contributed by atoms with Crippen LogP contribution in [0.3, 0.4) is 0 Å². The molecule has 1 aliphatic rings. The van der Waals surface area contributed by atoms with E-state index in [1.807, 2.05) is 29.2 Å². The van der Waals surface area contributed by atoms with Crippen molar-refractivity contribution in [2.45, 2.75) is 31.8 Å². The van der Waals surface area contributed by atoms with Crippen molar-refractivity contribution in [1.82, 2.24) is 4.90 Å². The standard InChI is InChI=1S/C14H20N2O2/c15-12-4-1-11(2-5-12)3-6-14(18)16-9-7-13(17)8-10-16/h1-2,4-5,13,17H,3,6-10,15H2. The maximum atomic E-state index is 12.0. The van der Waals surface area contributed by atoms with Gasteiger partial charge in [-0.3, -0.25) is 4.79 Å². The molecule has 1 aromatic rings. The average molecular weight is 248 g/mol. The van der Waals surface area contributed by atoms with Crippen molar-refractivity contribution in [2.24, 2.45) is 0 Å². The van der Waals surface area contributed by atoms with Crippen molar-refractivity contribution >= 4 is 11.6 Å². The highest BCUT2D eigenvalue weighted by molar-refractivity contribution is 5.76. The number of aliphatic hydroxyl groups is 1. The minimum absolute atomic E-state index is 0.179. The molecule has 0 aliphatic carbocycles. The van der Waals surface area contributed by atoms with Crippen LogP contribution in [-0.4, -0.2) is 35.1 Å². The molecule has 0 unspecified atom stereocenters. The Morgan fingerprint density at radius 3 is 2.50 bits per heavy atom. The monoisotopic (exact) mass is 248 g/mol. The summed E-state index contributed by atoms with van der Waals surface area (Å²) in [6.45, 7) is 1.36. The zero-order valence-electron chi connectivity index (χ0n) is 10.5. The summed E-state index contributed by atoms with van der Waals surface area (Å²) in [7, 11) is 0. The number of likely N-dealkylation sites (tertiary alicyclic amines) is 1. The number of benzene rings is 1. The SMILES string of the molecule is Nc1ccc(CCC(=O)N2CCC(O)CC2)cc1. The third-order valence-electron chi connectivity index (χ3n) is 3.42. The Morgan fingerprint density at radius 1 is 1.28 bits per heavy atom. The number of amides is 1. The van der Waals surface area contributed by atoms with E-state index in [1.54, 1.807) is 0 Å². The summed E-state index contributed by atoms with van der Waals surface area (Å²) in [5.41, 5.74) is 7.49. The topological polar surface area (TPSA) is 66.6 Å². The van der Waals surface area contributed by atoms with Crippen molar-refractivity contribution in [1.29, 1.82) is 0 Å². The van der Waals surface area contributed by atoms with E-state index in [-0.39, 0.29) is 12.0 Å². The van der Waals surface area contributed by atoms with E-state index in [0.717, 1.165) is 17.7 Å². The lowest BCUT2D eigenvalue weighted by atomic mass is 10.1. The third-order valence-corrected chi connectivity index (χ3v) is 3.42. The van der Waals surface area contributed by atoms with E-state index in [4.69, 9.17) is 5.73 Å². The normalized spacial score (nSPS) is 16.8. The van der Waals surface area contributed by atoms with Gasteiger partial charge in [-0.05, 0) is 37.0 Å². The summed E-state index contributed by atoms with van der Waals surface area (Å²) < 4.78 is 0. The van der Waals surface area contributed by atoms with Crippen molar-refractivity contribution in [2.75, 3.05) is 18.8 Å². The van der Waals surface area contributed by atoms with E-state index in [0.29, 0.717) is 32.4 Å². The summed E-state index contributed by atoms with van der Waals surface area (Å²) in [6.07, 6.45) is 2.45. The highest BCUT2D eigenvalue weighted by Crippen LogP contribution is 2.13. The molecule has 0 aromatic heterocycles. The minimum Gasteiger partial charge on any atom is -0.399 e. The summed E-state index contributed by atoms with van der Waals surface area (Å²) in [5.74, 6) is 0.179. The minimum atomic E-state index is -0.230. The molecule has 0 spiro atoms. The van der Waals surface area contributed by atoms with Crippen LogP contribution in [-0.2, 0) is 11.2 Å². The molecule has 1 amide bonds. The van der Waals surface area contributed by atoms with Crippen LogP contribution in [0.4, 0.5) is 5.69 Å². The molecule has 1 aliphatic heterocycles. The summed E-state index contributed by atoms with van der Waals surface area (Å²) in [5, 5.41) is 9.39. The summed E-state index contributed by atoms with van der Waals surface area (Å²) in [4.78, 5) is 13.8. The van der Waals surface area contributed by atoms with Gasteiger partial charge in [0.15, 0.2) is 0 Å². The van der Waals surface area contributed by atoms with Gasteiger partial charge >= 0.3 is 0 Å². The first-order chi connectivity index (χ1) is 8.65. The molecule has 0 radical (unpaired) electrons. The number of carbonyl (C=O) groups excluding carboxylic acids is 1. The number of hydrogen-bond donors (Lipinski definition) is 2. The molecule has 0 atom stereocenters. The first-order valence-electron chi connectivity index (χ1n) is 6.45. The van der Waals surface area contributed by atoms with Gasteiger partial charge in [0.05, 0.1) is 6.10 Å². The lowest BCUT2D eigenvalue weighted by Crippen LogP contribution is -2.40. The number of aliphatic hydroxyl groups excluding tert-OH is 1. The van der Waals surface area contributed by atoms with Crippen LogP contribution in [0.25, 0.3) is 0 Å². The lowest BCUT2D eigenvalue weighted by Gasteiger charge is -2.29. The number of anilines is 1. The number of aryl methyl sites for hydroxylation is 1. The number of hydrogen-bond acceptors (Lipinski definition) is 3. The maximum Gasteiger partial charge on any atom is 0.222 e. The fourth-order valence-electron chi connectivity index (χ4n) is 2.21. The van der Waals surface area contributed by atoms with Crippen LogP contribution in [0.5, 0.6) is 0 Å². The molecule has 98 valence electrons. The first kappa shape index (κ1) is 12.9. The predicted octanol–water partition coefficient (Wildman–Crippen LogP) is 1.18. The fraction of sp³-hybridized carbons (Fsp3) is 0.500. The zero-order chi connectivity index (χ0) is 13.0. The average Bonchev–Trinajstić information content (AvgIpc) is 2.38. The van der Waals surface area contributed by atoms with Gasteiger partial charge in [-0.15, -0.1) is 0 Å². The number of nitrogens with zero attached hydrogens (tertiary/aromatic N) is 1. The van der Waals surface area contributed by atoms with E-state index in [9.17, 15) is 9.90 Å². The molecule has 0 bridgehead atoms.